The molecule has 1 aliphatic rings. The van der Waals surface area contributed by atoms with Gasteiger partial charge in [-0.25, -0.2) is 0 Å². The van der Waals surface area contributed by atoms with E-state index in [2.05, 4.69) is 37.3 Å². The van der Waals surface area contributed by atoms with Crippen molar-refractivity contribution in [2.24, 2.45) is 5.92 Å². The van der Waals surface area contributed by atoms with Crippen molar-refractivity contribution in [1.82, 2.24) is 0 Å². The minimum atomic E-state index is -0.353. The lowest BCUT2D eigenvalue weighted by molar-refractivity contribution is 0.0335. The van der Waals surface area contributed by atoms with Crippen molar-refractivity contribution in [3.05, 3.63) is 35.9 Å². The molecule has 1 aliphatic carbocycles. The highest BCUT2D eigenvalue weighted by molar-refractivity contribution is 5.14. The van der Waals surface area contributed by atoms with E-state index in [0.29, 0.717) is 5.92 Å². The molecular weight excluding hydrogens is 196 g/mol. The van der Waals surface area contributed by atoms with Crippen molar-refractivity contribution in [1.29, 1.82) is 0 Å². The number of benzene rings is 1. The van der Waals surface area contributed by atoms with E-state index >= 15 is 0 Å². The summed E-state index contributed by atoms with van der Waals surface area (Å²) in [6, 6.07) is 10.6. The predicted molar refractivity (Wildman–Crippen MR) is 67.3 cm³/mol. The van der Waals surface area contributed by atoms with Gasteiger partial charge in [0, 0.05) is 0 Å². The molecule has 0 aliphatic heterocycles. The number of aryl methyl sites for hydroxylation is 1. The van der Waals surface area contributed by atoms with Gasteiger partial charge in [-0.1, -0.05) is 37.3 Å². The van der Waals surface area contributed by atoms with E-state index in [1.165, 1.54) is 12.0 Å². The van der Waals surface area contributed by atoms with E-state index in [-0.39, 0.29) is 5.60 Å². The van der Waals surface area contributed by atoms with Gasteiger partial charge < -0.3 is 5.11 Å². The van der Waals surface area contributed by atoms with Crippen LogP contribution in [0.15, 0.2) is 30.3 Å². The van der Waals surface area contributed by atoms with Gasteiger partial charge in [-0.2, -0.15) is 0 Å². The monoisotopic (exact) mass is 218 g/mol. The number of aliphatic hydroxyl groups is 1. The van der Waals surface area contributed by atoms with Crippen molar-refractivity contribution < 1.29 is 5.11 Å². The molecule has 1 saturated carbocycles. The first kappa shape index (κ1) is 11.7. The van der Waals surface area contributed by atoms with E-state index in [0.717, 1.165) is 32.1 Å². The maximum absolute atomic E-state index is 10.3. The summed E-state index contributed by atoms with van der Waals surface area (Å²) in [6.45, 7) is 2.25. The van der Waals surface area contributed by atoms with Crippen LogP contribution in [0.4, 0.5) is 0 Å². The summed E-state index contributed by atoms with van der Waals surface area (Å²) in [5.41, 5.74) is 1.03. The van der Waals surface area contributed by atoms with Gasteiger partial charge >= 0.3 is 0 Å². The third-order valence-electron chi connectivity index (χ3n) is 3.78. The van der Waals surface area contributed by atoms with Crippen LogP contribution in [0, 0.1) is 5.92 Å². The second kappa shape index (κ2) is 5.01. The summed E-state index contributed by atoms with van der Waals surface area (Å²) in [6.07, 6.45) is 6.36. The van der Waals surface area contributed by atoms with Crippen LogP contribution in [0.25, 0.3) is 0 Å². The Kier molecular flexibility index (Phi) is 3.65. The van der Waals surface area contributed by atoms with Crippen LogP contribution in [-0.2, 0) is 6.42 Å². The second-order valence-corrected chi connectivity index (χ2v) is 5.41. The highest BCUT2D eigenvalue weighted by Crippen LogP contribution is 2.37. The molecule has 0 spiro atoms. The second-order valence-electron chi connectivity index (χ2n) is 5.41. The van der Waals surface area contributed by atoms with Gasteiger partial charge in [0.15, 0.2) is 0 Å². The third kappa shape index (κ3) is 3.08. The van der Waals surface area contributed by atoms with Crippen molar-refractivity contribution in [3.8, 4) is 0 Å². The molecule has 1 N–H and O–H groups in total. The molecule has 0 radical (unpaired) electrons. The molecule has 2 unspecified atom stereocenters. The number of hydrogen-bond acceptors (Lipinski definition) is 1. The highest BCUT2D eigenvalue weighted by atomic mass is 16.3. The Morgan fingerprint density at radius 2 is 2.06 bits per heavy atom. The normalized spacial score (nSPS) is 29.5. The van der Waals surface area contributed by atoms with Crippen LogP contribution in [-0.4, -0.2) is 10.7 Å². The Bertz CT molecular complexity index is 319. The van der Waals surface area contributed by atoms with Crippen molar-refractivity contribution in [2.75, 3.05) is 0 Å². The molecule has 2 atom stereocenters. The van der Waals surface area contributed by atoms with Crippen LogP contribution in [0.1, 0.15) is 44.6 Å². The maximum Gasteiger partial charge on any atom is 0.0650 e. The Balaban J connectivity index is 1.76. The molecule has 88 valence electrons. The molecule has 2 rings (SSSR count). The first-order chi connectivity index (χ1) is 7.68. The van der Waals surface area contributed by atoms with Gasteiger partial charge in [0.05, 0.1) is 5.60 Å². The minimum absolute atomic E-state index is 0.353. The Labute approximate surface area is 98.5 Å². The first-order valence-electron chi connectivity index (χ1n) is 6.44. The Morgan fingerprint density at radius 1 is 1.31 bits per heavy atom. The predicted octanol–water partition coefficient (Wildman–Crippen LogP) is 3.56. The molecule has 0 amide bonds. The van der Waals surface area contributed by atoms with E-state index < -0.39 is 0 Å². The van der Waals surface area contributed by atoms with Crippen LogP contribution in [0.3, 0.4) is 0 Å². The number of hydrogen-bond donors (Lipinski definition) is 1. The van der Waals surface area contributed by atoms with Gasteiger partial charge in [-0.3, -0.25) is 0 Å². The minimum Gasteiger partial charge on any atom is -0.390 e. The standard InChI is InChI=1S/C15H22O/c1-13-9-11-15(16,12-13)10-5-8-14-6-3-2-4-7-14/h2-4,6-7,13,16H,5,8-12H2,1H3. The van der Waals surface area contributed by atoms with E-state index in [1.807, 2.05) is 0 Å². The molecule has 0 aromatic heterocycles. The van der Waals surface area contributed by atoms with E-state index in [9.17, 15) is 5.11 Å². The molecule has 1 heteroatoms. The molecule has 0 bridgehead atoms. The first-order valence-corrected chi connectivity index (χ1v) is 6.44. The molecule has 1 aromatic rings. The molecule has 0 saturated heterocycles. The average Bonchev–Trinajstić information content (AvgIpc) is 2.60. The summed E-state index contributed by atoms with van der Waals surface area (Å²) in [4.78, 5) is 0. The quantitative estimate of drug-likeness (QED) is 0.819. The zero-order chi connectivity index (χ0) is 11.4. The van der Waals surface area contributed by atoms with E-state index in [4.69, 9.17) is 0 Å². The number of rotatable bonds is 4. The summed E-state index contributed by atoms with van der Waals surface area (Å²) >= 11 is 0. The van der Waals surface area contributed by atoms with Gasteiger partial charge in [0.2, 0.25) is 0 Å². The Morgan fingerprint density at radius 3 is 2.69 bits per heavy atom. The summed E-state index contributed by atoms with van der Waals surface area (Å²) in [5, 5.41) is 10.3. The van der Waals surface area contributed by atoms with Crippen molar-refractivity contribution in [2.45, 2.75) is 51.0 Å². The lowest BCUT2D eigenvalue weighted by atomic mass is 9.93. The zero-order valence-corrected chi connectivity index (χ0v) is 10.2. The summed E-state index contributed by atoms with van der Waals surface area (Å²) < 4.78 is 0. The molecule has 0 heterocycles. The summed E-state index contributed by atoms with van der Waals surface area (Å²) in [5.74, 6) is 0.710. The fourth-order valence-corrected chi connectivity index (χ4v) is 2.86. The van der Waals surface area contributed by atoms with Crippen LogP contribution >= 0.6 is 0 Å². The molecule has 1 fully saturated rings. The molecule has 1 nitrogen and oxygen atoms in total. The van der Waals surface area contributed by atoms with E-state index in [1.54, 1.807) is 0 Å². The van der Waals surface area contributed by atoms with Gasteiger partial charge in [-0.05, 0) is 50.0 Å². The molecular formula is C15H22O. The lowest BCUT2D eigenvalue weighted by Gasteiger charge is -2.22. The van der Waals surface area contributed by atoms with Crippen LogP contribution in [0.2, 0.25) is 0 Å². The van der Waals surface area contributed by atoms with Gasteiger partial charge in [0.1, 0.15) is 0 Å². The third-order valence-corrected chi connectivity index (χ3v) is 3.78. The maximum atomic E-state index is 10.3. The van der Waals surface area contributed by atoms with Crippen molar-refractivity contribution >= 4 is 0 Å². The lowest BCUT2D eigenvalue weighted by Crippen LogP contribution is -2.24. The fourth-order valence-electron chi connectivity index (χ4n) is 2.86. The van der Waals surface area contributed by atoms with Gasteiger partial charge in [-0.15, -0.1) is 0 Å². The summed E-state index contributed by atoms with van der Waals surface area (Å²) in [7, 11) is 0. The largest absolute Gasteiger partial charge is 0.390 e. The molecule has 1 aromatic carbocycles. The fraction of sp³-hybridized carbons (Fsp3) is 0.600. The SMILES string of the molecule is CC1CCC(O)(CCCc2ccccc2)C1. The highest BCUT2D eigenvalue weighted by Gasteiger charge is 2.34. The molecule has 16 heavy (non-hydrogen) atoms. The van der Waals surface area contributed by atoms with Crippen molar-refractivity contribution in [3.63, 3.8) is 0 Å². The Hall–Kier alpha value is -0.820. The average molecular weight is 218 g/mol. The van der Waals surface area contributed by atoms with Crippen LogP contribution < -0.4 is 0 Å². The van der Waals surface area contributed by atoms with Crippen LogP contribution in [0.5, 0.6) is 0 Å². The smallest absolute Gasteiger partial charge is 0.0650 e. The topological polar surface area (TPSA) is 20.2 Å². The zero-order valence-electron chi connectivity index (χ0n) is 10.2. The van der Waals surface area contributed by atoms with Gasteiger partial charge in [0.25, 0.3) is 0 Å².